The number of fused-ring (bicyclic) bond motifs is 1. The van der Waals surface area contributed by atoms with Gasteiger partial charge in [0.25, 0.3) is 0 Å². The van der Waals surface area contributed by atoms with E-state index in [4.69, 9.17) is 10.5 Å². The molecule has 1 aromatic heterocycles. The van der Waals surface area contributed by atoms with Crippen LogP contribution < -0.4 is 15.8 Å². The molecule has 0 spiro atoms. The molecule has 2 aliphatic rings. The van der Waals surface area contributed by atoms with Gasteiger partial charge in [-0.2, -0.15) is 0 Å². The third-order valence-electron chi connectivity index (χ3n) is 5.25. The second-order valence-electron chi connectivity index (χ2n) is 8.25. The number of carbonyl (C=O) groups excluding carboxylic acids is 2. The normalized spacial score (nSPS) is 25.6. The number of hydrogen-bond acceptors (Lipinski definition) is 8. The van der Waals surface area contributed by atoms with Gasteiger partial charge in [0.05, 0.1) is 6.10 Å². The van der Waals surface area contributed by atoms with Crippen LogP contribution in [0.25, 0.3) is 0 Å². The van der Waals surface area contributed by atoms with Crippen molar-refractivity contribution in [2.45, 2.75) is 62.0 Å². The zero-order valence-electron chi connectivity index (χ0n) is 17.2. The molecular weight excluding hydrogens is 406 g/mol. The van der Waals surface area contributed by atoms with Crippen LogP contribution in [0.1, 0.15) is 51.2 Å². The molecule has 2 saturated heterocycles. The SMILES string of the molecule is CC(C)Oc1ccc(C(N)C(=O)NC2C(=O)N3C(c4nnn[nH]4)C(C)(C)S[C@H]23)cc1. The number of amides is 2. The van der Waals surface area contributed by atoms with Crippen LogP contribution in [0.4, 0.5) is 0 Å². The van der Waals surface area contributed by atoms with Crippen molar-refractivity contribution >= 4 is 23.6 Å². The molecular formula is C19H25N7O3S. The number of carbonyl (C=O) groups is 2. The lowest BCUT2D eigenvalue weighted by Crippen LogP contribution is -2.68. The van der Waals surface area contributed by atoms with Gasteiger partial charge in [-0.25, -0.2) is 5.10 Å². The number of aromatic nitrogens is 4. The van der Waals surface area contributed by atoms with E-state index in [2.05, 4.69) is 25.9 Å². The maximum atomic E-state index is 12.8. The maximum Gasteiger partial charge on any atom is 0.249 e. The van der Waals surface area contributed by atoms with Gasteiger partial charge in [0.15, 0.2) is 5.82 Å². The van der Waals surface area contributed by atoms with Crippen molar-refractivity contribution in [3.63, 3.8) is 0 Å². The third-order valence-corrected chi connectivity index (χ3v) is 6.82. The fraction of sp³-hybridized carbons (Fsp3) is 0.526. The predicted molar refractivity (Wildman–Crippen MR) is 110 cm³/mol. The number of H-pyrrole nitrogens is 1. The summed E-state index contributed by atoms with van der Waals surface area (Å²) in [5.41, 5.74) is 6.79. The summed E-state index contributed by atoms with van der Waals surface area (Å²) < 4.78 is 5.30. The Bertz CT molecular complexity index is 932. The Kier molecular flexibility index (Phi) is 5.18. The number of nitrogens with zero attached hydrogens (tertiary/aromatic N) is 4. The van der Waals surface area contributed by atoms with Gasteiger partial charge < -0.3 is 20.7 Å². The summed E-state index contributed by atoms with van der Waals surface area (Å²) in [6.07, 6.45) is 0.0603. The van der Waals surface area contributed by atoms with Crippen LogP contribution in [-0.2, 0) is 9.59 Å². The molecule has 2 fully saturated rings. The Balaban J connectivity index is 1.43. The highest BCUT2D eigenvalue weighted by Gasteiger charge is 2.63. The van der Waals surface area contributed by atoms with Crippen molar-refractivity contribution in [3.05, 3.63) is 35.7 Å². The molecule has 30 heavy (non-hydrogen) atoms. The minimum atomic E-state index is -0.881. The number of nitrogens with one attached hydrogen (secondary N) is 2. The Hall–Kier alpha value is -2.66. The lowest BCUT2D eigenvalue weighted by atomic mass is 9.95. The Morgan fingerprint density at radius 1 is 1.33 bits per heavy atom. The number of rotatable bonds is 6. The van der Waals surface area contributed by atoms with Crippen LogP contribution >= 0.6 is 11.8 Å². The molecule has 160 valence electrons. The first kappa shape index (κ1) is 20.6. The van der Waals surface area contributed by atoms with Gasteiger partial charge >= 0.3 is 0 Å². The second kappa shape index (κ2) is 7.55. The molecule has 0 radical (unpaired) electrons. The Morgan fingerprint density at radius 2 is 2.03 bits per heavy atom. The molecule has 2 aromatic rings. The third kappa shape index (κ3) is 3.52. The smallest absolute Gasteiger partial charge is 0.249 e. The molecule has 3 heterocycles. The molecule has 0 bridgehead atoms. The molecule has 10 nitrogen and oxygen atoms in total. The van der Waals surface area contributed by atoms with Gasteiger partial charge in [-0.1, -0.05) is 12.1 Å². The highest BCUT2D eigenvalue weighted by atomic mass is 32.2. The van der Waals surface area contributed by atoms with E-state index in [0.29, 0.717) is 17.1 Å². The molecule has 0 aliphatic carbocycles. The zero-order valence-corrected chi connectivity index (χ0v) is 18.0. The van der Waals surface area contributed by atoms with E-state index in [1.165, 1.54) is 0 Å². The van der Waals surface area contributed by atoms with E-state index in [1.54, 1.807) is 40.9 Å². The molecule has 2 aliphatic heterocycles. The van der Waals surface area contributed by atoms with Crippen LogP contribution in [0.3, 0.4) is 0 Å². The highest BCUT2D eigenvalue weighted by molar-refractivity contribution is 8.01. The minimum absolute atomic E-state index is 0.0603. The van der Waals surface area contributed by atoms with Crippen LogP contribution in [0.2, 0.25) is 0 Å². The van der Waals surface area contributed by atoms with Crippen molar-refractivity contribution in [2.24, 2.45) is 5.73 Å². The van der Waals surface area contributed by atoms with Gasteiger partial charge in [0, 0.05) is 4.75 Å². The topological polar surface area (TPSA) is 139 Å². The number of benzene rings is 1. The summed E-state index contributed by atoms with van der Waals surface area (Å²) in [4.78, 5) is 27.3. The summed E-state index contributed by atoms with van der Waals surface area (Å²) in [6.45, 7) is 7.94. The largest absolute Gasteiger partial charge is 0.491 e. The zero-order chi connectivity index (χ0) is 21.6. The molecule has 2 amide bonds. The van der Waals surface area contributed by atoms with E-state index in [-0.39, 0.29) is 28.2 Å². The van der Waals surface area contributed by atoms with E-state index in [9.17, 15) is 9.59 Å². The first-order valence-corrected chi connectivity index (χ1v) is 10.6. The summed E-state index contributed by atoms with van der Waals surface area (Å²) in [5.74, 6) is 0.687. The quantitative estimate of drug-likeness (QED) is 0.574. The number of aromatic amines is 1. The van der Waals surface area contributed by atoms with Gasteiger partial charge in [-0.05, 0) is 55.8 Å². The summed E-state index contributed by atoms with van der Waals surface area (Å²) >= 11 is 1.61. The van der Waals surface area contributed by atoms with Crippen molar-refractivity contribution in [1.29, 1.82) is 0 Å². The van der Waals surface area contributed by atoms with E-state index < -0.39 is 18.0 Å². The van der Waals surface area contributed by atoms with E-state index >= 15 is 0 Å². The average molecular weight is 432 g/mol. The van der Waals surface area contributed by atoms with Crippen molar-refractivity contribution in [2.75, 3.05) is 0 Å². The van der Waals surface area contributed by atoms with Crippen LogP contribution in [0.5, 0.6) is 5.75 Å². The standard InChI is InChI=1S/C19H25N7O3S/c1-9(2)29-11-7-5-10(6-8-11)12(20)16(27)21-13-17(28)26-14(15-22-24-25-23-15)19(3,4)30-18(13)26/h5-9,12-14,18H,20H2,1-4H3,(H,21,27)(H,22,23,24,25)/t12?,13?,14?,18-/m1/s1. The molecule has 3 unspecified atom stereocenters. The fourth-order valence-electron chi connectivity index (χ4n) is 3.89. The monoisotopic (exact) mass is 431 g/mol. The van der Waals surface area contributed by atoms with Crippen LogP contribution in [0.15, 0.2) is 24.3 Å². The van der Waals surface area contributed by atoms with Crippen molar-refractivity contribution in [3.8, 4) is 5.75 Å². The summed E-state index contributed by atoms with van der Waals surface area (Å²) in [5, 5.41) is 16.6. The molecule has 0 saturated carbocycles. The van der Waals surface area contributed by atoms with Crippen LogP contribution in [-0.4, -0.2) is 59.6 Å². The molecule has 4 N–H and O–H groups in total. The predicted octanol–water partition coefficient (Wildman–Crippen LogP) is 0.907. The van der Waals surface area contributed by atoms with Crippen LogP contribution in [0, 0.1) is 0 Å². The van der Waals surface area contributed by atoms with Gasteiger partial charge in [-0.15, -0.1) is 16.9 Å². The van der Waals surface area contributed by atoms with Gasteiger partial charge in [0.2, 0.25) is 11.8 Å². The number of nitrogens with two attached hydrogens (primary N) is 1. The number of hydrogen-bond donors (Lipinski definition) is 3. The van der Waals surface area contributed by atoms with E-state index in [0.717, 1.165) is 0 Å². The highest BCUT2D eigenvalue weighted by Crippen LogP contribution is 2.56. The fourth-order valence-corrected chi connectivity index (χ4v) is 5.53. The molecule has 1 aromatic carbocycles. The first-order valence-electron chi connectivity index (χ1n) is 9.75. The number of β-lactam (4-membered cyclic amide) rings is 1. The lowest BCUT2D eigenvalue weighted by molar-refractivity contribution is -0.152. The summed E-state index contributed by atoms with van der Waals surface area (Å²) in [6, 6.07) is 5.29. The summed E-state index contributed by atoms with van der Waals surface area (Å²) in [7, 11) is 0. The van der Waals surface area contributed by atoms with Crippen molar-refractivity contribution in [1.82, 2.24) is 30.8 Å². The number of tetrazole rings is 1. The lowest BCUT2D eigenvalue weighted by Gasteiger charge is -2.44. The minimum Gasteiger partial charge on any atom is -0.491 e. The molecule has 4 rings (SSSR count). The average Bonchev–Trinajstić information content (AvgIpc) is 3.29. The first-order chi connectivity index (χ1) is 14.2. The number of thioether (sulfide) groups is 1. The maximum absolute atomic E-state index is 12.8. The number of ether oxygens (including phenoxy) is 1. The van der Waals surface area contributed by atoms with Crippen molar-refractivity contribution < 1.29 is 14.3 Å². The Morgan fingerprint density at radius 3 is 2.63 bits per heavy atom. The molecule has 11 heteroatoms. The van der Waals surface area contributed by atoms with E-state index in [1.807, 2.05) is 27.7 Å². The molecule has 4 atom stereocenters. The van der Waals surface area contributed by atoms with Gasteiger partial charge in [0.1, 0.15) is 29.2 Å². The Labute approximate surface area is 178 Å². The second-order valence-corrected chi connectivity index (χ2v) is 10.0. The van der Waals surface area contributed by atoms with Gasteiger partial charge in [-0.3, -0.25) is 9.59 Å².